The van der Waals surface area contributed by atoms with Gasteiger partial charge < -0.3 is 4.90 Å². The van der Waals surface area contributed by atoms with Crippen molar-refractivity contribution in [2.24, 2.45) is 23.7 Å². The minimum absolute atomic E-state index is 0.904. The zero-order valence-electron chi connectivity index (χ0n) is 13.7. The van der Waals surface area contributed by atoms with E-state index >= 15 is 0 Å². The maximum atomic E-state index is 2.81. The Morgan fingerprint density at radius 2 is 1.81 bits per heavy atom. The Morgan fingerprint density at radius 3 is 2.48 bits per heavy atom. The average molecular weight is 288 g/mol. The van der Waals surface area contributed by atoms with Crippen molar-refractivity contribution in [2.45, 2.75) is 51.5 Å². The summed E-state index contributed by atoms with van der Waals surface area (Å²) in [4.78, 5) is 5.58. The molecule has 4 aliphatic rings. The van der Waals surface area contributed by atoms with E-state index in [1.165, 1.54) is 71.2 Å². The van der Waals surface area contributed by atoms with E-state index in [0.717, 1.165) is 29.7 Å². The topological polar surface area (TPSA) is 6.48 Å². The van der Waals surface area contributed by atoms with E-state index in [2.05, 4.69) is 28.9 Å². The monoisotopic (exact) mass is 288 g/mol. The molecule has 0 radical (unpaired) electrons. The molecule has 5 atom stereocenters. The number of nitrogens with zero attached hydrogens (tertiary/aromatic N) is 2. The van der Waals surface area contributed by atoms with Gasteiger partial charge in [-0.15, -0.1) is 0 Å². The lowest BCUT2D eigenvalue weighted by Gasteiger charge is -2.42. The molecule has 2 bridgehead atoms. The van der Waals surface area contributed by atoms with E-state index < -0.39 is 0 Å². The number of allylic oxidation sites excluding steroid dienone is 2. The summed E-state index contributed by atoms with van der Waals surface area (Å²) in [5.41, 5.74) is 0. The quantitative estimate of drug-likeness (QED) is 0.735. The molecular formula is C19H32N2. The highest BCUT2D eigenvalue weighted by Crippen LogP contribution is 2.43. The van der Waals surface area contributed by atoms with Gasteiger partial charge in [0, 0.05) is 38.8 Å². The fourth-order valence-electron chi connectivity index (χ4n) is 5.48. The molecular weight excluding hydrogens is 256 g/mol. The van der Waals surface area contributed by atoms with Crippen molar-refractivity contribution in [1.82, 2.24) is 9.80 Å². The van der Waals surface area contributed by atoms with Crippen molar-refractivity contribution >= 4 is 0 Å². The first-order valence-corrected chi connectivity index (χ1v) is 9.42. The molecule has 3 fully saturated rings. The van der Waals surface area contributed by atoms with Crippen LogP contribution < -0.4 is 0 Å². The molecule has 0 aromatic heterocycles. The van der Waals surface area contributed by atoms with Crippen LogP contribution in [0.25, 0.3) is 0 Å². The van der Waals surface area contributed by atoms with Crippen LogP contribution in [0, 0.1) is 23.7 Å². The van der Waals surface area contributed by atoms with Crippen LogP contribution in [-0.2, 0) is 0 Å². The van der Waals surface area contributed by atoms with Crippen LogP contribution in [0.4, 0.5) is 0 Å². The Kier molecular flexibility index (Phi) is 4.10. The molecule has 2 saturated carbocycles. The zero-order chi connectivity index (χ0) is 14.2. The van der Waals surface area contributed by atoms with Crippen LogP contribution in [0.3, 0.4) is 0 Å². The number of piperazine rings is 1. The predicted octanol–water partition coefficient (Wildman–Crippen LogP) is 3.39. The van der Waals surface area contributed by atoms with Crippen molar-refractivity contribution < 1.29 is 0 Å². The summed E-state index contributed by atoms with van der Waals surface area (Å²) in [6, 6.07) is 0.904. The molecule has 1 saturated heterocycles. The van der Waals surface area contributed by atoms with Gasteiger partial charge in [0.15, 0.2) is 0 Å². The zero-order valence-corrected chi connectivity index (χ0v) is 13.7. The minimum Gasteiger partial charge on any atom is -0.300 e. The molecule has 0 aromatic carbocycles. The summed E-state index contributed by atoms with van der Waals surface area (Å²) in [5, 5.41) is 0. The maximum Gasteiger partial charge on any atom is 0.0113 e. The number of hydrogen-bond donors (Lipinski definition) is 0. The van der Waals surface area contributed by atoms with E-state index in [1.807, 2.05) is 0 Å². The molecule has 21 heavy (non-hydrogen) atoms. The van der Waals surface area contributed by atoms with E-state index in [1.54, 1.807) is 0 Å². The van der Waals surface area contributed by atoms with Gasteiger partial charge in [-0.2, -0.15) is 0 Å². The second-order valence-corrected chi connectivity index (χ2v) is 8.30. The van der Waals surface area contributed by atoms with E-state index in [9.17, 15) is 0 Å². The van der Waals surface area contributed by atoms with E-state index in [4.69, 9.17) is 0 Å². The number of rotatable bonds is 3. The first-order chi connectivity index (χ1) is 10.3. The summed E-state index contributed by atoms with van der Waals surface area (Å²) in [5.74, 6) is 3.79. The van der Waals surface area contributed by atoms with Gasteiger partial charge in [-0.1, -0.05) is 31.9 Å². The molecule has 118 valence electrons. The first-order valence-electron chi connectivity index (χ1n) is 9.42. The van der Waals surface area contributed by atoms with Crippen molar-refractivity contribution in [1.29, 1.82) is 0 Å². The molecule has 1 heterocycles. The highest BCUT2D eigenvalue weighted by molar-refractivity contribution is 5.10. The van der Waals surface area contributed by atoms with Gasteiger partial charge >= 0.3 is 0 Å². The van der Waals surface area contributed by atoms with E-state index in [-0.39, 0.29) is 0 Å². The van der Waals surface area contributed by atoms with Gasteiger partial charge in [0.2, 0.25) is 0 Å². The van der Waals surface area contributed by atoms with E-state index in [0.29, 0.717) is 0 Å². The standard InChI is InChI=1S/C19H32N2/c1-15-3-2-4-19(11-15)21-9-7-20(8-10-21)14-18-13-16-5-6-17(18)12-16/h5-6,15-19H,2-4,7-14H2,1H3/t15-,16+,17+,18-,19-/m1/s1. The molecule has 0 amide bonds. The van der Waals surface area contributed by atoms with Gasteiger partial charge in [-0.25, -0.2) is 0 Å². The van der Waals surface area contributed by atoms with Crippen LogP contribution in [0.5, 0.6) is 0 Å². The third-order valence-electron chi connectivity index (χ3n) is 6.74. The van der Waals surface area contributed by atoms with Crippen LogP contribution in [0.15, 0.2) is 12.2 Å². The molecule has 0 N–H and O–H groups in total. The Labute approximate surface area is 130 Å². The Bertz CT molecular complexity index is 383. The second kappa shape index (κ2) is 6.04. The van der Waals surface area contributed by atoms with Gasteiger partial charge in [-0.3, -0.25) is 4.90 Å². The molecule has 3 aliphatic carbocycles. The summed E-state index contributed by atoms with van der Waals surface area (Å²) in [6.45, 7) is 9.12. The highest BCUT2D eigenvalue weighted by atomic mass is 15.3. The average Bonchev–Trinajstić information content (AvgIpc) is 3.11. The van der Waals surface area contributed by atoms with Gasteiger partial charge in [0.05, 0.1) is 0 Å². The van der Waals surface area contributed by atoms with Crippen LogP contribution in [0.1, 0.15) is 45.4 Å². The van der Waals surface area contributed by atoms with Gasteiger partial charge in [-0.05, 0) is 49.4 Å². The molecule has 0 aromatic rings. The van der Waals surface area contributed by atoms with Gasteiger partial charge in [0.1, 0.15) is 0 Å². The van der Waals surface area contributed by atoms with Crippen molar-refractivity contribution in [3.05, 3.63) is 12.2 Å². The van der Waals surface area contributed by atoms with Crippen LogP contribution >= 0.6 is 0 Å². The molecule has 0 unspecified atom stereocenters. The van der Waals surface area contributed by atoms with Crippen LogP contribution in [-0.4, -0.2) is 48.6 Å². The molecule has 0 spiro atoms. The summed E-state index contributed by atoms with van der Waals surface area (Å²) in [7, 11) is 0. The van der Waals surface area contributed by atoms with Crippen molar-refractivity contribution in [2.75, 3.05) is 32.7 Å². The lowest BCUT2D eigenvalue weighted by atomic mass is 9.86. The highest BCUT2D eigenvalue weighted by Gasteiger charge is 2.37. The fraction of sp³-hybridized carbons (Fsp3) is 0.895. The lowest BCUT2D eigenvalue weighted by Crippen LogP contribution is -2.52. The lowest BCUT2D eigenvalue weighted by molar-refractivity contribution is 0.0601. The molecule has 4 rings (SSSR count). The summed E-state index contributed by atoms with van der Waals surface area (Å²) >= 11 is 0. The predicted molar refractivity (Wildman–Crippen MR) is 88.3 cm³/mol. The number of fused-ring (bicyclic) bond motifs is 2. The number of hydrogen-bond acceptors (Lipinski definition) is 2. The summed E-state index contributed by atoms with van der Waals surface area (Å²) < 4.78 is 0. The first kappa shape index (κ1) is 14.3. The SMILES string of the molecule is C[C@@H]1CCC[C@@H](N2CCN(C[C@H]3C[C@H]4C=C[C@H]3C4)CC2)C1. The minimum atomic E-state index is 0.904. The molecule has 2 heteroatoms. The maximum absolute atomic E-state index is 2.81. The third-order valence-corrected chi connectivity index (χ3v) is 6.74. The smallest absolute Gasteiger partial charge is 0.0113 e. The fourth-order valence-corrected chi connectivity index (χ4v) is 5.48. The Morgan fingerprint density at radius 1 is 0.952 bits per heavy atom. The Balaban J connectivity index is 1.24. The van der Waals surface area contributed by atoms with Crippen LogP contribution in [0.2, 0.25) is 0 Å². The van der Waals surface area contributed by atoms with Gasteiger partial charge in [0.25, 0.3) is 0 Å². The summed E-state index contributed by atoms with van der Waals surface area (Å²) in [6.07, 6.45) is 13.8. The van der Waals surface area contributed by atoms with Crippen molar-refractivity contribution in [3.63, 3.8) is 0 Å². The normalized spacial score (nSPS) is 44.5. The third kappa shape index (κ3) is 3.07. The van der Waals surface area contributed by atoms with Crippen molar-refractivity contribution in [3.8, 4) is 0 Å². The molecule has 2 nitrogen and oxygen atoms in total. The molecule has 1 aliphatic heterocycles. The largest absolute Gasteiger partial charge is 0.300 e. The Hall–Kier alpha value is -0.340. The second-order valence-electron chi connectivity index (χ2n) is 8.30.